The summed E-state index contributed by atoms with van der Waals surface area (Å²) in [5.74, 6) is -1.72. The van der Waals surface area contributed by atoms with Crippen molar-refractivity contribution in [2.24, 2.45) is 5.73 Å². The second-order valence-electron chi connectivity index (χ2n) is 3.68. The van der Waals surface area contributed by atoms with E-state index in [0.29, 0.717) is 13.1 Å². The van der Waals surface area contributed by atoms with Gasteiger partial charge in [0.05, 0.1) is 6.33 Å². The van der Waals surface area contributed by atoms with Crippen LogP contribution in [0, 0.1) is 0 Å². The summed E-state index contributed by atoms with van der Waals surface area (Å²) in [6.07, 6.45) is 1.52. The zero-order chi connectivity index (χ0) is 13.5. The summed E-state index contributed by atoms with van der Waals surface area (Å²) in [6, 6.07) is 0. The SMILES string of the molecule is NCCn1cnc(C(=O)NCC[C@H](O)C(=O)O)c1. The van der Waals surface area contributed by atoms with Crippen molar-refractivity contribution in [1.82, 2.24) is 14.9 Å². The van der Waals surface area contributed by atoms with Gasteiger partial charge in [0.1, 0.15) is 5.69 Å². The molecule has 0 saturated carbocycles. The van der Waals surface area contributed by atoms with Gasteiger partial charge in [-0.2, -0.15) is 0 Å². The van der Waals surface area contributed by atoms with Crippen molar-refractivity contribution in [2.45, 2.75) is 19.1 Å². The first-order valence-corrected chi connectivity index (χ1v) is 5.45. The lowest BCUT2D eigenvalue weighted by atomic mass is 10.2. The number of aliphatic hydroxyl groups excluding tert-OH is 1. The van der Waals surface area contributed by atoms with Crippen LogP contribution in [0.5, 0.6) is 0 Å². The maximum absolute atomic E-state index is 11.6. The summed E-state index contributed by atoms with van der Waals surface area (Å²) in [5.41, 5.74) is 5.59. The molecular weight excluding hydrogens is 240 g/mol. The quantitative estimate of drug-likeness (QED) is 0.465. The minimum absolute atomic E-state index is 0.0510. The van der Waals surface area contributed by atoms with Gasteiger partial charge in [-0.3, -0.25) is 4.79 Å². The Labute approximate surface area is 103 Å². The molecule has 18 heavy (non-hydrogen) atoms. The fourth-order valence-corrected chi connectivity index (χ4v) is 1.29. The Kier molecular flexibility index (Phi) is 5.28. The van der Waals surface area contributed by atoms with Crippen LogP contribution in [0.4, 0.5) is 0 Å². The zero-order valence-electron chi connectivity index (χ0n) is 9.74. The highest BCUT2D eigenvalue weighted by molar-refractivity contribution is 5.92. The average molecular weight is 256 g/mol. The van der Waals surface area contributed by atoms with Crippen LogP contribution in [0.25, 0.3) is 0 Å². The molecule has 1 aromatic rings. The van der Waals surface area contributed by atoms with Gasteiger partial charge in [-0.05, 0) is 0 Å². The molecule has 1 rings (SSSR count). The summed E-state index contributed by atoms with van der Waals surface area (Å²) in [4.78, 5) is 25.8. The van der Waals surface area contributed by atoms with Crippen LogP contribution >= 0.6 is 0 Å². The second-order valence-corrected chi connectivity index (χ2v) is 3.68. The van der Waals surface area contributed by atoms with E-state index in [4.69, 9.17) is 15.9 Å². The van der Waals surface area contributed by atoms with Gasteiger partial charge in [-0.1, -0.05) is 0 Å². The summed E-state index contributed by atoms with van der Waals surface area (Å²) in [7, 11) is 0. The van der Waals surface area contributed by atoms with Crippen LogP contribution in [0.15, 0.2) is 12.5 Å². The van der Waals surface area contributed by atoms with Gasteiger partial charge in [-0.15, -0.1) is 0 Å². The van der Waals surface area contributed by atoms with Gasteiger partial charge in [0, 0.05) is 32.3 Å². The number of rotatable bonds is 7. The van der Waals surface area contributed by atoms with E-state index < -0.39 is 18.0 Å². The molecule has 100 valence electrons. The molecule has 1 aromatic heterocycles. The van der Waals surface area contributed by atoms with Crippen LogP contribution in [0.2, 0.25) is 0 Å². The highest BCUT2D eigenvalue weighted by Gasteiger charge is 2.14. The minimum Gasteiger partial charge on any atom is -0.479 e. The maximum Gasteiger partial charge on any atom is 0.332 e. The molecule has 0 aliphatic heterocycles. The number of aromatic nitrogens is 2. The number of aliphatic hydroxyl groups is 1. The molecule has 1 heterocycles. The molecule has 0 bridgehead atoms. The lowest BCUT2D eigenvalue weighted by Crippen LogP contribution is -2.30. The molecule has 0 saturated heterocycles. The Bertz CT molecular complexity index is 418. The van der Waals surface area contributed by atoms with Crippen LogP contribution in [-0.2, 0) is 11.3 Å². The molecule has 8 heteroatoms. The molecule has 0 aliphatic carbocycles. The van der Waals surface area contributed by atoms with Crippen molar-refractivity contribution in [2.75, 3.05) is 13.1 Å². The van der Waals surface area contributed by atoms with Crippen LogP contribution in [0.1, 0.15) is 16.9 Å². The van der Waals surface area contributed by atoms with E-state index in [1.165, 1.54) is 6.33 Å². The summed E-state index contributed by atoms with van der Waals surface area (Å²) >= 11 is 0. The van der Waals surface area contributed by atoms with Crippen molar-refractivity contribution >= 4 is 11.9 Å². The number of carboxylic acids is 1. The van der Waals surface area contributed by atoms with Gasteiger partial charge in [0.15, 0.2) is 6.10 Å². The third-order valence-corrected chi connectivity index (χ3v) is 2.24. The monoisotopic (exact) mass is 256 g/mol. The van der Waals surface area contributed by atoms with Crippen molar-refractivity contribution in [3.8, 4) is 0 Å². The number of carbonyl (C=O) groups excluding carboxylic acids is 1. The number of nitrogens with two attached hydrogens (primary N) is 1. The lowest BCUT2D eigenvalue weighted by molar-refractivity contribution is -0.146. The Balaban J connectivity index is 2.38. The topological polar surface area (TPSA) is 130 Å². The Morgan fingerprint density at radius 2 is 2.28 bits per heavy atom. The molecular formula is C10H16N4O4. The molecule has 8 nitrogen and oxygen atoms in total. The number of amides is 1. The van der Waals surface area contributed by atoms with Gasteiger partial charge >= 0.3 is 5.97 Å². The standard InChI is InChI=1S/C10H16N4O4/c11-2-4-14-5-7(13-6-14)9(16)12-3-1-8(15)10(17)18/h5-6,8,15H,1-4,11H2,(H,12,16)(H,17,18)/t8-/m0/s1. The highest BCUT2D eigenvalue weighted by atomic mass is 16.4. The molecule has 5 N–H and O–H groups in total. The number of imidazole rings is 1. The van der Waals surface area contributed by atoms with E-state index in [1.807, 2.05) is 0 Å². The fraction of sp³-hybridized carbons (Fsp3) is 0.500. The van der Waals surface area contributed by atoms with Gasteiger partial charge in [0.2, 0.25) is 0 Å². The zero-order valence-corrected chi connectivity index (χ0v) is 9.74. The Morgan fingerprint density at radius 3 is 2.89 bits per heavy atom. The largest absolute Gasteiger partial charge is 0.479 e. The number of nitrogens with zero attached hydrogens (tertiary/aromatic N) is 2. The van der Waals surface area contributed by atoms with Gasteiger partial charge in [-0.25, -0.2) is 9.78 Å². The number of aliphatic carboxylic acids is 1. The predicted octanol–water partition coefficient (Wildman–Crippen LogP) is -1.59. The Morgan fingerprint density at radius 1 is 1.56 bits per heavy atom. The molecule has 0 aromatic carbocycles. The maximum atomic E-state index is 11.6. The van der Waals surface area contributed by atoms with Crippen LogP contribution < -0.4 is 11.1 Å². The minimum atomic E-state index is -1.47. The first-order valence-electron chi connectivity index (χ1n) is 5.45. The first kappa shape index (κ1) is 14.1. The summed E-state index contributed by atoms with van der Waals surface area (Å²) in [5, 5.41) is 19.9. The molecule has 0 fully saturated rings. The van der Waals surface area contributed by atoms with E-state index in [-0.39, 0.29) is 18.7 Å². The molecule has 1 amide bonds. The Hall–Kier alpha value is -1.93. The predicted molar refractivity (Wildman–Crippen MR) is 61.9 cm³/mol. The van der Waals surface area contributed by atoms with E-state index in [2.05, 4.69) is 10.3 Å². The average Bonchev–Trinajstić information content (AvgIpc) is 2.77. The normalized spacial score (nSPS) is 12.1. The number of carboxylic acid groups (broad SMARTS) is 1. The third kappa shape index (κ3) is 4.15. The fourth-order valence-electron chi connectivity index (χ4n) is 1.29. The summed E-state index contributed by atoms with van der Waals surface area (Å²) in [6.45, 7) is 1.08. The number of nitrogens with one attached hydrogen (secondary N) is 1. The molecule has 0 spiro atoms. The van der Waals surface area contributed by atoms with Crippen molar-refractivity contribution in [1.29, 1.82) is 0 Å². The van der Waals surface area contributed by atoms with E-state index in [1.54, 1.807) is 10.8 Å². The number of hydrogen-bond acceptors (Lipinski definition) is 5. The van der Waals surface area contributed by atoms with Crippen LogP contribution in [0.3, 0.4) is 0 Å². The second kappa shape index (κ2) is 6.72. The van der Waals surface area contributed by atoms with Crippen molar-refractivity contribution in [3.63, 3.8) is 0 Å². The number of hydrogen-bond donors (Lipinski definition) is 4. The number of carbonyl (C=O) groups is 2. The first-order chi connectivity index (χ1) is 8.54. The van der Waals surface area contributed by atoms with Crippen molar-refractivity contribution in [3.05, 3.63) is 18.2 Å². The molecule has 0 radical (unpaired) electrons. The van der Waals surface area contributed by atoms with Gasteiger partial charge < -0.3 is 25.8 Å². The molecule has 0 aliphatic rings. The lowest BCUT2D eigenvalue weighted by Gasteiger charge is -2.05. The van der Waals surface area contributed by atoms with E-state index >= 15 is 0 Å². The third-order valence-electron chi connectivity index (χ3n) is 2.24. The van der Waals surface area contributed by atoms with E-state index in [9.17, 15) is 9.59 Å². The molecule has 1 atom stereocenters. The van der Waals surface area contributed by atoms with E-state index in [0.717, 1.165) is 0 Å². The summed E-state index contributed by atoms with van der Waals surface area (Å²) < 4.78 is 1.68. The van der Waals surface area contributed by atoms with Gasteiger partial charge in [0.25, 0.3) is 5.91 Å². The highest BCUT2D eigenvalue weighted by Crippen LogP contribution is 1.96. The molecule has 0 unspecified atom stereocenters. The van der Waals surface area contributed by atoms with Crippen LogP contribution in [-0.4, -0.2) is 50.8 Å². The smallest absolute Gasteiger partial charge is 0.332 e. The van der Waals surface area contributed by atoms with Crippen molar-refractivity contribution < 1.29 is 19.8 Å².